The fourth-order valence-corrected chi connectivity index (χ4v) is 7.04. The molecule has 18 nitrogen and oxygen atoms in total. The van der Waals surface area contributed by atoms with E-state index < -0.39 is 68.4 Å². The highest BCUT2D eigenvalue weighted by Crippen LogP contribution is 2.35. The van der Waals surface area contributed by atoms with E-state index >= 15 is 0 Å². The number of carbonyl (C=O) groups is 4. The van der Waals surface area contributed by atoms with Gasteiger partial charge >= 0.3 is 11.9 Å². The molecule has 0 aliphatic heterocycles. The third-order valence-corrected chi connectivity index (χ3v) is 9.81. The van der Waals surface area contributed by atoms with Crippen LogP contribution in [0.25, 0.3) is 0 Å². The lowest BCUT2D eigenvalue weighted by Crippen LogP contribution is -2.66. The number of carboxylic acid groups (broad SMARTS) is 1. The molecule has 3 rings (SSSR count). The first kappa shape index (κ1) is 41.9. The van der Waals surface area contributed by atoms with Gasteiger partial charge in [-0.05, 0) is 61.9 Å². The van der Waals surface area contributed by atoms with Crippen molar-refractivity contribution in [3.05, 3.63) is 64.2 Å². The monoisotopic (exact) mass is 734 g/mol. The van der Waals surface area contributed by atoms with Crippen molar-refractivity contribution in [2.24, 2.45) is 22.2 Å². The number of nitro groups is 1. The van der Waals surface area contributed by atoms with Crippen molar-refractivity contribution in [3.63, 3.8) is 0 Å². The van der Waals surface area contributed by atoms with Crippen LogP contribution in [0.15, 0.2) is 53.5 Å². The predicted molar refractivity (Wildman–Crippen MR) is 189 cm³/mol. The highest BCUT2D eigenvalue weighted by atomic mass is 32.2. The van der Waals surface area contributed by atoms with Gasteiger partial charge in [-0.25, -0.2) is 13.2 Å². The molecule has 1 fully saturated rings. The second kappa shape index (κ2) is 19.2. The van der Waals surface area contributed by atoms with Crippen molar-refractivity contribution in [3.8, 4) is 5.75 Å². The van der Waals surface area contributed by atoms with Crippen molar-refractivity contribution in [2.45, 2.75) is 75.2 Å². The number of benzene rings is 2. The molecule has 2 aromatic carbocycles. The lowest BCUT2D eigenvalue weighted by molar-refractivity contribution is -0.384. The van der Waals surface area contributed by atoms with Crippen molar-refractivity contribution in [2.75, 3.05) is 25.1 Å². The molecule has 2 amide bonds. The van der Waals surface area contributed by atoms with Crippen LogP contribution >= 0.6 is 0 Å². The van der Waals surface area contributed by atoms with Gasteiger partial charge < -0.3 is 43.0 Å². The van der Waals surface area contributed by atoms with Gasteiger partial charge in [0, 0.05) is 43.6 Å². The van der Waals surface area contributed by atoms with Gasteiger partial charge in [0.2, 0.25) is 16.7 Å². The van der Waals surface area contributed by atoms with Gasteiger partial charge in [0.15, 0.2) is 15.8 Å². The number of nitro benzene ring substituents is 1. The highest BCUT2D eigenvalue weighted by Gasteiger charge is 2.57. The number of aliphatic carboxylic acids is 1. The number of carboxylic acids is 1. The van der Waals surface area contributed by atoms with Crippen LogP contribution in [0.2, 0.25) is 0 Å². The molecule has 2 aromatic rings. The molecule has 0 radical (unpaired) electrons. The molecule has 51 heavy (non-hydrogen) atoms. The van der Waals surface area contributed by atoms with Crippen molar-refractivity contribution >= 4 is 50.9 Å². The summed E-state index contributed by atoms with van der Waals surface area (Å²) in [6.45, 7) is 0.591. The number of nitrogens with two attached hydrogens (primary N) is 4. The van der Waals surface area contributed by atoms with E-state index in [9.17, 15) is 42.8 Å². The van der Waals surface area contributed by atoms with E-state index in [4.69, 9.17) is 27.7 Å². The number of nitrogen functional groups attached to an aromatic ring is 1. The zero-order valence-electron chi connectivity index (χ0n) is 28.5. The number of sulfone groups is 1. The van der Waals surface area contributed by atoms with E-state index in [1.54, 1.807) is 24.3 Å². The van der Waals surface area contributed by atoms with Crippen LogP contribution in [0.5, 0.6) is 5.75 Å². The zero-order valence-corrected chi connectivity index (χ0v) is 29.3. The smallest absolute Gasteiger partial charge is 0.345 e. The second-order valence-corrected chi connectivity index (χ2v) is 14.2. The first-order valence-electron chi connectivity index (χ1n) is 16.0. The number of anilines is 1. The third kappa shape index (κ3) is 12.5. The molecule has 1 aliphatic rings. The topological polar surface area (TPSA) is 307 Å². The average Bonchev–Trinajstić information content (AvgIpc) is 3.05. The fourth-order valence-electron chi connectivity index (χ4n) is 5.60. The van der Waals surface area contributed by atoms with Crippen LogP contribution < -0.4 is 33.0 Å². The molecule has 1 saturated carbocycles. The maximum absolute atomic E-state index is 13.6. The summed E-state index contributed by atoms with van der Waals surface area (Å²) in [5, 5.41) is 22.8. The normalized spacial score (nSPS) is 14.7. The lowest BCUT2D eigenvalue weighted by Gasteiger charge is -2.45. The number of hydrogen-bond donors (Lipinski definition) is 6. The van der Waals surface area contributed by atoms with E-state index in [0.717, 1.165) is 17.6 Å². The maximum Gasteiger partial charge on any atom is 0.345 e. The molecule has 10 N–H and O–H groups in total. The summed E-state index contributed by atoms with van der Waals surface area (Å²) in [7, 11) is -4.40. The number of carbonyl (C=O) groups excluding carboxylic acids is 3. The molecule has 0 aromatic heterocycles. The summed E-state index contributed by atoms with van der Waals surface area (Å²) < 4.78 is 31.3. The summed E-state index contributed by atoms with van der Waals surface area (Å²) in [6, 6.07) is 10.4. The Morgan fingerprint density at radius 1 is 1.08 bits per heavy atom. The largest absolute Gasteiger partial charge is 0.479 e. The molecule has 0 unspecified atom stereocenters. The minimum absolute atomic E-state index is 0.0265. The van der Waals surface area contributed by atoms with Gasteiger partial charge in [-0.3, -0.25) is 29.5 Å². The van der Waals surface area contributed by atoms with Crippen LogP contribution in [-0.4, -0.2) is 89.4 Å². The zero-order chi connectivity index (χ0) is 38.4. The average molecular weight is 735 g/mol. The minimum atomic E-state index is -4.40. The van der Waals surface area contributed by atoms with Gasteiger partial charge in [-0.2, -0.15) is 0 Å². The second-order valence-electron chi connectivity index (χ2n) is 11.9. The number of aliphatic imine (C=N–C) groups is 1. The SMILES string of the molecule is CC(=O)Oc1ccc(C[C@H](N)C(=O)NCC(=O)N(C2CCCCC2)[C@@](CCCN=C(N)N)(C(=O)O)S(C)(=O)=O)cc1.Nc1ccc([N+](=O)[O-])cc1. The van der Waals surface area contributed by atoms with Crippen LogP contribution in [0.1, 0.15) is 57.4 Å². The molecule has 19 heteroatoms. The summed E-state index contributed by atoms with van der Waals surface area (Å²) in [4.78, 5) is 62.0. The van der Waals surface area contributed by atoms with E-state index in [1.165, 1.54) is 31.2 Å². The summed E-state index contributed by atoms with van der Waals surface area (Å²) in [5.41, 5.74) is 23.3. The fraction of sp³-hybridized carbons (Fsp3) is 0.469. The quantitative estimate of drug-likeness (QED) is 0.0216. The van der Waals surface area contributed by atoms with Crippen molar-refractivity contribution in [1.29, 1.82) is 0 Å². The maximum atomic E-state index is 13.6. The standard InChI is InChI=1S/C26H40N6O8S.C6H6N2O2/c1-17(33)40-20-11-9-18(10-12-20)15-21(27)23(35)31-16-22(34)32(19-7-4-3-5-8-19)26(24(36)37,41(2,38)39)13-6-14-30-25(28)29;7-5-1-3-6(4-2-5)8(9)10/h9-12,19,21H,3-8,13-16,27H2,1-2H3,(H,31,35)(H,36,37)(H4,28,29,30);1-4H,7H2/t21-,26+;/m0./s1. The first-order chi connectivity index (χ1) is 23.9. The van der Waals surface area contributed by atoms with Gasteiger partial charge in [0.25, 0.3) is 5.69 Å². The molecule has 280 valence electrons. The number of non-ortho nitro benzene ring substituents is 1. The Morgan fingerprint density at radius 3 is 2.16 bits per heavy atom. The molecule has 0 saturated heterocycles. The van der Waals surface area contributed by atoms with Gasteiger partial charge in [-0.15, -0.1) is 0 Å². The van der Waals surface area contributed by atoms with E-state index in [0.29, 0.717) is 42.7 Å². The first-order valence-corrected chi connectivity index (χ1v) is 17.9. The lowest BCUT2D eigenvalue weighted by atomic mass is 9.92. The Balaban J connectivity index is 0.000000770. The Labute approximate surface area is 295 Å². The molecular weight excluding hydrogens is 688 g/mol. The van der Waals surface area contributed by atoms with Crippen LogP contribution in [0, 0.1) is 10.1 Å². The van der Waals surface area contributed by atoms with Crippen molar-refractivity contribution in [1.82, 2.24) is 10.2 Å². The molecular formula is C32H46N8O10S. The van der Waals surface area contributed by atoms with Crippen LogP contribution in [0.3, 0.4) is 0 Å². The molecule has 1 aliphatic carbocycles. The number of guanidine groups is 1. The molecule has 2 atom stereocenters. The predicted octanol–water partition coefficient (Wildman–Crippen LogP) is 0.815. The van der Waals surface area contributed by atoms with Gasteiger partial charge in [-0.1, -0.05) is 31.4 Å². The molecule has 0 heterocycles. The van der Waals surface area contributed by atoms with Gasteiger partial charge in [0.05, 0.1) is 17.5 Å². The Morgan fingerprint density at radius 2 is 1.67 bits per heavy atom. The molecule has 0 spiro atoms. The number of esters is 1. The van der Waals surface area contributed by atoms with E-state index in [-0.39, 0.29) is 31.0 Å². The Hall–Kier alpha value is -5.30. The Bertz CT molecular complexity index is 1660. The number of hydrogen-bond acceptors (Lipinski definition) is 12. The number of nitrogens with zero attached hydrogens (tertiary/aromatic N) is 3. The third-order valence-electron chi connectivity index (χ3n) is 8.01. The number of rotatable bonds is 15. The molecule has 0 bridgehead atoms. The minimum Gasteiger partial charge on any atom is -0.479 e. The van der Waals surface area contributed by atoms with Crippen LogP contribution in [0.4, 0.5) is 11.4 Å². The van der Waals surface area contributed by atoms with Crippen LogP contribution in [-0.2, 0) is 35.4 Å². The Kier molecular flexibility index (Phi) is 15.8. The summed E-state index contributed by atoms with van der Waals surface area (Å²) in [5.74, 6) is -3.60. The van der Waals surface area contributed by atoms with E-state index in [1.807, 2.05) is 0 Å². The summed E-state index contributed by atoms with van der Waals surface area (Å²) >= 11 is 0. The highest BCUT2D eigenvalue weighted by molar-refractivity contribution is 7.92. The van der Waals surface area contributed by atoms with Crippen molar-refractivity contribution < 1.29 is 42.4 Å². The number of nitrogens with one attached hydrogen (secondary N) is 1. The summed E-state index contributed by atoms with van der Waals surface area (Å²) in [6.07, 6.45) is 3.49. The van der Waals surface area contributed by atoms with E-state index in [2.05, 4.69) is 10.3 Å². The number of ether oxygens (including phenoxy) is 1. The number of amides is 2. The van der Waals surface area contributed by atoms with Gasteiger partial charge in [0.1, 0.15) is 5.75 Å².